The molecule has 0 fully saturated rings. The normalized spacial score (nSPS) is 17.8. The molecule has 0 saturated heterocycles. The van der Waals surface area contributed by atoms with Crippen LogP contribution in [0.1, 0.15) is 21.5 Å². The van der Waals surface area contributed by atoms with Gasteiger partial charge in [0.15, 0.2) is 0 Å². The number of amides is 2. The maximum absolute atomic E-state index is 14.5. The summed E-state index contributed by atoms with van der Waals surface area (Å²) < 4.78 is 61.7. The third-order valence-electron chi connectivity index (χ3n) is 5.43. The minimum absolute atomic E-state index is 0.235. The molecule has 2 amide bonds. The van der Waals surface area contributed by atoms with Crippen molar-refractivity contribution in [1.82, 2.24) is 10.2 Å². The zero-order chi connectivity index (χ0) is 25.2. The maximum Gasteiger partial charge on any atom is 0.442 e. The first-order valence-corrected chi connectivity index (χ1v) is 10.4. The lowest BCUT2D eigenvalue weighted by molar-refractivity contribution is -0.196. The summed E-state index contributed by atoms with van der Waals surface area (Å²) in [5.41, 5.74) is -3.04. The fourth-order valence-electron chi connectivity index (χ4n) is 3.60. The molecule has 0 radical (unpaired) electrons. The van der Waals surface area contributed by atoms with Gasteiger partial charge in [0.25, 0.3) is 11.8 Å². The Morgan fingerprint density at radius 3 is 2.20 bits per heavy atom. The van der Waals surface area contributed by atoms with Gasteiger partial charge in [-0.2, -0.15) is 13.2 Å². The first-order valence-electron chi connectivity index (χ1n) is 10.4. The Balaban J connectivity index is 1.78. The molecule has 10 heteroatoms. The summed E-state index contributed by atoms with van der Waals surface area (Å²) in [6, 6.07) is 18.2. The molecular weight excluding hydrogens is 466 g/mol. The summed E-state index contributed by atoms with van der Waals surface area (Å²) in [7, 11) is 1.47. The monoisotopic (exact) mass is 485 g/mol. The van der Waals surface area contributed by atoms with Crippen molar-refractivity contribution in [3.63, 3.8) is 0 Å². The Bertz CT molecular complexity index is 1260. The summed E-state index contributed by atoms with van der Waals surface area (Å²) in [5.74, 6) is -3.06. The molecule has 180 valence electrons. The van der Waals surface area contributed by atoms with E-state index in [1.54, 1.807) is 47.8 Å². The van der Waals surface area contributed by atoms with Crippen LogP contribution >= 0.6 is 0 Å². The van der Waals surface area contributed by atoms with Gasteiger partial charge in [-0.3, -0.25) is 14.5 Å². The van der Waals surface area contributed by atoms with E-state index in [4.69, 9.17) is 4.74 Å². The van der Waals surface area contributed by atoms with Gasteiger partial charge in [-0.15, -0.1) is 0 Å². The number of halogens is 4. The van der Waals surface area contributed by atoms with Crippen LogP contribution in [0.4, 0.5) is 17.6 Å². The minimum Gasteiger partial charge on any atom is -0.497 e. The number of carbonyl (C=O) groups is 2. The molecule has 3 aromatic rings. The number of alkyl halides is 3. The van der Waals surface area contributed by atoms with Gasteiger partial charge < -0.3 is 10.1 Å². The van der Waals surface area contributed by atoms with Crippen LogP contribution in [0.3, 0.4) is 0 Å². The van der Waals surface area contributed by atoms with Crippen LogP contribution < -0.4 is 10.1 Å². The third-order valence-corrected chi connectivity index (χ3v) is 5.43. The molecule has 1 aliphatic rings. The summed E-state index contributed by atoms with van der Waals surface area (Å²) in [4.78, 5) is 30.8. The number of rotatable bonds is 6. The number of carbonyl (C=O) groups excluding carboxylic acids is 2. The average molecular weight is 485 g/mol. The summed E-state index contributed by atoms with van der Waals surface area (Å²) in [5, 5.41) is 1.77. The van der Waals surface area contributed by atoms with Crippen molar-refractivity contribution < 1.29 is 31.9 Å². The molecule has 0 aliphatic carbocycles. The van der Waals surface area contributed by atoms with Crippen molar-refractivity contribution in [2.45, 2.75) is 18.4 Å². The van der Waals surface area contributed by atoms with Crippen LogP contribution in [0.5, 0.6) is 5.75 Å². The Morgan fingerprint density at radius 1 is 1.00 bits per heavy atom. The molecular formula is C25H19F4N3O3. The maximum atomic E-state index is 14.5. The van der Waals surface area contributed by atoms with Crippen LogP contribution in [-0.4, -0.2) is 41.5 Å². The lowest BCUT2D eigenvalue weighted by Crippen LogP contribution is -2.63. The smallest absolute Gasteiger partial charge is 0.442 e. The number of methoxy groups -OCH3 is 1. The van der Waals surface area contributed by atoms with E-state index in [0.717, 1.165) is 29.2 Å². The van der Waals surface area contributed by atoms with Gasteiger partial charge in [0, 0.05) is 11.1 Å². The fraction of sp³-hybridized carbons (Fsp3) is 0.160. The van der Waals surface area contributed by atoms with Crippen molar-refractivity contribution in [1.29, 1.82) is 0 Å². The van der Waals surface area contributed by atoms with E-state index in [1.807, 2.05) is 0 Å². The van der Waals surface area contributed by atoms with E-state index >= 15 is 0 Å². The summed E-state index contributed by atoms with van der Waals surface area (Å²) >= 11 is 0. The third kappa shape index (κ3) is 4.59. The number of benzene rings is 3. The number of aliphatic imine (C=N–C) groups is 1. The van der Waals surface area contributed by atoms with Gasteiger partial charge in [-0.25, -0.2) is 9.38 Å². The molecule has 1 heterocycles. The molecule has 0 spiro atoms. The molecule has 4 rings (SSSR count). The Kier molecular flexibility index (Phi) is 6.29. The van der Waals surface area contributed by atoms with E-state index in [0.29, 0.717) is 11.3 Å². The number of ether oxygens (including phenoxy) is 1. The zero-order valence-electron chi connectivity index (χ0n) is 18.3. The van der Waals surface area contributed by atoms with E-state index in [2.05, 4.69) is 4.99 Å². The van der Waals surface area contributed by atoms with Crippen LogP contribution in [0.15, 0.2) is 83.9 Å². The van der Waals surface area contributed by atoms with Crippen molar-refractivity contribution in [3.8, 4) is 5.75 Å². The van der Waals surface area contributed by atoms with Crippen LogP contribution in [0.2, 0.25) is 0 Å². The Labute approximate surface area is 197 Å². The average Bonchev–Trinajstić information content (AvgIpc) is 3.13. The van der Waals surface area contributed by atoms with Gasteiger partial charge in [0.1, 0.15) is 17.4 Å². The topological polar surface area (TPSA) is 71.0 Å². The van der Waals surface area contributed by atoms with Gasteiger partial charge in [-0.1, -0.05) is 42.5 Å². The van der Waals surface area contributed by atoms with Crippen molar-refractivity contribution >= 4 is 17.6 Å². The molecule has 1 N–H and O–H groups in total. The van der Waals surface area contributed by atoms with Gasteiger partial charge in [0.05, 0.1) is 13.7 Å². The lowest BCUT2D eigenvalue weighted by Gasteiger charge is -2.29. The highest BCUT2D eigenvalue weighted by Crippen LogP contribution is 2.39. The Morgan fingerprint density at radius 2 is 1.63 bits per heavy atom. The zero-order valence-corrected chi connectivity index (χ0v) is 18.3. The molecule has 1 unspecified atom stereocenters. The Hall–Kier alpha value is -4.21. The molecule has 3 aromatic carbocycles. The highest BCUT2D eigenvalue weighted by Gasteiger charge is 2.67. The standard InChI is InChI=1S/C25H19F4N3O3/c1-35-20-13-7-16(8-14-20)15-32-21(17-5-3-2-4-6-17)30-24(23(32)34,25(27,28)29)31-22(33)18-9-11-19(26)12-10-18/h2-14H,15H2,1H3,(H,31,33). The first kappa shape index (κ1) is 23.9. The molecule has 1 atom stereocenters. The SMILES string of the molecule is COc1ccc(CN2C(=O)C(NC(=O)c3ccc(F)cc3)(C(F)(F)F)N=C2c2ccccc2)cc1. The van der Waals surface area contributed by atoms with Gasteiger partial charge >= 0.3 is 11.8 Å². The van der Waals surface area contributed by atoms with Crippen molar-refractivity contribution in [3.05, 3.63) is 101 Å². The molecule has 0 aromatic heterocycles. The van der Waals surface area contributed by atoms with E-state index in [9.17, 15) is 27.2 Å². The second-order valence-corrected chi connectivity index (χ2v) is 7.71. The molecule has 35 heavy (non-hydrogen) atoms. The minimum atomic E-state index is -5.27. The highest BCUT2D eigenvalue weighted by atomic mass is 19.4. The summed E-state index contributed by atoms with van der Waals surface area (Å²) in [6.45, 7) is -0.235. The number of nitrogens with zero attached hydrogens (tertiary/aromatic N) is 2. The lowest BCUT2D eigenvalue weighted by atomic mass is 10.1. The number of hydrogen-bond donors (Lipinski definition) is 1. The predicted molar refractivity (Wildman–Crippen MR) is 119 cm³/mol. The predicted octanol–water partition coefficient (Wildman–Crippen LogP) is 4.31. The van der Waals surface area contributed by atoms with Crippen molar-refractivity contribution in [2.24, 2.45) is 4.99 Å². The number of nitrogens with one attached hydrogen (secondary N) is 1. The van der Waals surface area contributed by atoms with Crippen LogP contribution in [0.25, 0.3) is 0 Å². The van der Waals surface area contributed by atoms with E-state index in [1.165, 1.54) is 19.2 Å². The summed E-state index contributed by atoms with van der Waals surface area (Å²) in [6.07, 6.45) is -5.27. The fourth-order valence-corrected chi connectivity index (χ4v) is 3.60. The number of amidine groups is 1. The largest absolute Gasteiger partial charge is 0.497 e. The molecule has 6 nitrogen and oxygen atoms in total. The van der Waals surface area contributed by atoms with E-state index in [-0.39, 0.29) is 23.5 Å². The number of hydrogen-bond acceptors (Lipinski definition) is 4. The van der Waals surface area contributed by atoms with Crippen LogP contribution in [-0.2, 0) is 11.3 Å². The first-order chi connectivity index (χ1) is 16.6. The molecule has 0 saturated carbocycles. The van der Waals surface area contributed by atoms with Gasteiger partial charge in [0.2, 0.25) is 0 Å². The molecule has 0 bridgehead atoms. The van der Waals surface area contributed by atoms with Gasteiger partial charge in [-0.05, 0) is 42.0 Å². The van der Waals surface area contributed by atoms with Crippen LogP contribution in [0, 0.1) is 5.82 Å². The quantitative estimate of drug-likeness (QED) is 0.529. The van der Waals surface area contributed by atoms with E-state index < -0.39 is 29.5 Å². The molecule has 1 aliphatic heterocycles. The highest BCUT2D eigenvalue weighted by molar-refractivity contribution is 6.16. The second kappa shape index (κ2) is 9.21. The second-order valence-electron chi connectivity index (χ2n) is 7.71. The van der Waals surface area contributed by atoms with Crippen molar-refractivity contribution in [2.75, 3.05) is 7.11 Å².